The highest BCUT2D eigenvalue weighted by Gasteiger charge is 2.28. The number of hydrogen-bond donors (Lipinski definition) is 0. The van der Waals surface area contributed by atoms with Gasteiger partial charge in [-0.05, 0) is 54.9 Å². The molecule has 1 aliphatic heterocycles. The highest BCUT2D eigenvalue weighted by Crippen LogP contribution is 2.25. The van der Waals surface area contributed by atoms with Crippen LogP contribution in [0.4, 0.5) is 8.78 Å². The molecule has 38 heavy (non-hydrogen) atoms. The second kappa shape index (κ2) is 15.4. The fraction of sp³-hybridized carbons (Fsp3) is 0.576. The second-order valence-electron chi connectivity index (χ2n) is 11.2. The number of nitrogens with zero attached hydrogens (tertiary/aromatic N) is 2. The van der Waals surface area contributed by atoms with E-state index in [1.54, 1.807) is 6.07 Å². The lowest BCUT2D eigenvalue weighted by molar-refractivity contribution is -0.0267. The minimum atomic E-state index is -0.539. The number of allylic oxidation sites excluding steroid dienone is 1. The van der Waals surface area contributed by atoms with Crippen molar-refractivity contribution < 1.29 is 13.5 Å². The Balaban J connectivity index is 1.74. The molecule has 5 heteroatoms. The molecule has 0 radical (unpaired) electrons. The predicted octanol–water partition coefficient (Wildman–Crippen LogP) is 8.05. The zero-order chi connectivity index (χ0) is 27.5. The quantitative estimate of drug-likeness (QED) is 0.232. The van der Waals surface area contributed by atoms with E-state index in [4.69, 9.17) is 4.74 Å². The zero-order valence-electron chi connectivity index (χ0n) is 24.2. The summed E-state index contributed by atoms with van der Waals surface area (Å²) < 4.78 is 34.0. The molecule has 1 saturated heterocycles. The summed E-state index contributed by atoms with van der Waals surface area (Å²) in [6, 6.07) is 10.8. The van der Waals surface area contributed by atoms with Crippen LogP contribution in [0.5, 0.6) is 0 Å². The largest absolute Gasteiger partial charge is 0.369 e. The van der Waals surface area contributed by atoms with Gasteiger partial charge in [0.15, 0.2) is 0 Å². The molecule has 1 fully saturated rings. The van der Waals surface area contributed by atoms with Crippen molar-refractivity contribution >= 4 is 0 Å². The highest BCUT2D eigenvalue weighted by atomic mass is 19.1. The topological polar surface area (TPSA) is 15.7 Å². The number of rotatable bonds is 14. The van der Waals surface area contributed by atoms with Crippen molar-refractivity contribution in [2.75, 3.05) is 26.2 Å². The van der Waals surface area contributed by atoms with Crippen LogP contribution in [0.3, 0.4) is 0 Å². The number of benzene rings is 2. The Morgan fingerprint density at radius 1 is 1.08 bits per heavy atom. The summed E-state index contributed by atoms with van der Waals surface area (Å²) in [7, 11) is 0. The molecule has 2 aromatic carbocycles. The molecule has 1 unspecified atom stereocenters. The lowest BCUT2D eigenvalue weighted by Crippen LogP contribution is -2.46. The smallest absolute Gasteiger partial charge is 0.130 e. The highest BCUT2D eigenvalue weighted by molar-refractivity contribution is 5.32. The zero-order valence-corrected chi connectivity index (χ0v) is 24.2. The molecule has 1 heterocycles. The van der Waals surface area contributed by atoms with Gasteiger partial charge in [0.25, 0.3) is 0 Å². The van der Waals surface area contributed by atoms with Gasteiger partial charge in [0.1, 0.15) is 17.7 Å². The van der Waals surface area contributed by atoms with Crippen molar-refractivity contribution in [3.8, 4) is 0 Å². The summed E-state index contributed by atoms with van der Waals surface area (Å²) in [5, 5.41) is 0. The summed E-state index contributed by atoms with van der Waals surface area (Å²) in [6.45, 7) is 15.4. The van der Waals surface area contributed by atoms with Crippen molar-refractivity contribution in [3.05, 3.63) is 82.1 Å². The standard InChI is InChI=1S/C33H48F2N2O/c1-6-8-9-10-12-28-14-13-27(19-26(28)5)22-37(21-25(3)4)32(11-7-2)33-24-36(17-18-38-33)23-29-15-16-30(34)20-31(29)35/h11,13-16,19-20,25,33H,6-10,12,17-18,21-24H2,1-5H3/b32-11+. The Kier molecular flexibility index (Phi) is 12.3. The van der Waals surface area contributed by atoms with Gasteiger partial charge in [-0.2, -0.15) is 0 Å². The minimum Gasteiger partial charge on any atom is -0.369 e. The van der Waals surface area contributed by atoms with E-state index in [-0.39, 0.29) is 6.10 Å². The Labute approximate surface area is 229 Å². The van der Waals surface area contributed by atoms with E-state index in [1.165, 1.54) is 54.1 Å². The molecule has 3 nitrogen and oxygen atoms in total. The van der Waals surface area contributed by atoms with E-state index in [2.05, 4.69) is 68.7 Å². The SMILES string of the molecule is CC/C=C(\C1CN(Cc2ccc(F)cc2F)CCO1)N(Cc1ccc(CCCCCC)c(C)c1)CC(C)C. The first-order valence-electron chi connectivity index (χ1n) is 14.6. The van der Waals surface area contributed by atoms with Crippen molar-refractivity contribution in [3.63, 3.8) is 0 Å². The molecule has 0 aliphatic carbocycles. The predicted molar refractivity (Wildman–Crippen MR) is 154 cm³/mol. The van der Waals surface area contributed by atoms with E-state index in [9.17, 15) is 8.78 Å². The molecular weight excluding hydrogens is 478 g/mol. The summed E-state index contributed by atoms with van der Waals surface area (Å²) in [6.07, 6.45) is 9.44. The third kappa shape index (κ3) is 9.20. The van der Waals surface area contributed by atoms with Gasteiger partial charge in [0.2, 0.25) is 0 Å². The normalized spacial score (nSPS) is 16.8. The van der Waals surface area contributed by atoms with Gasteiger partial charge in [-0.15, -0.1) is 0 Å². The molecule has 3 rings (SSSR count). The minimum absolute atomic E-state index is 0.0788. The van der Waals surface area contributed by atoms with Gasteiger partial charge in [0, 0.05) is 50.1 Å². The molecule has 0 amide bonds. The van der Waals surface area contributed by atoms with Crippen molar-refractivity contribution in [2.24, 2.45) is 5.92 Å². The molecule has 210 valence electrons. The molecular formula is C33H48F2N2O. The molecule has 2 aromatic rings. The van der Waals surface area contributed by atoms with Gasteiger partial charge in [-0.3, -0.25) is 4.90 Å². The molecule has 1 aliphatic rings. The number of halogens is 2. The van der Waals surface area contributed by atoms with Gasteiger partial charge < -0.3 is 9.64 Å². The average molecular weight is 527 g/mol. The van der Waals surface area contributed by atoms with Gasteiger partial charge in [-0.25, -0.2) is 8.78 Å². The van der Waals surface area contributed by atoms with Crippen LogP contribution in [-0.4, -0.2) is 42.1 Å². The number of aryl methyl sites for hydroxylation is 2. The monoisotopic (exact) mass is 526 g/mol. The van der Waals surface area contributed by atoms with Gasteiger partial charge >= 0.3 is 0 Å². The molecule has 0 bridgehead atoms. The number of unbranched alkanes of at least 4 members (excludes halogenated alkanes) is 3. The maximum Gasteiger partial charge on any atom is 0.130 e. The molecule has 0 N–H and O–H groups in total. The van der Waals surface area contributed by atoms with Crippen molar-refractivity contribution in [1.29, 1.82) is 0 Å². The lowest BCUT2D eigenvalue weighted by atomic mass is 9.99. The van der Waals surface area contributed by atoms with Crippen LogP contribution in [0.15, 0.2) is 48.2 Å². The summed E-state index contributed by atoms with van der Waals surface area (Å²) in [4.78, 5) is 4.70. The van der Waals surface area contributed by atoms with Crippen LogP contribution in [0.1, 0.15) is 82.1 Å². The van der Waals surface area contributed by atoms with E-state index >= 15 is 0 Å². The first kappa shape index (κ1) is 30.3. The van der Waals surface area contributed by atoms with E-state index < -0.39 is 11.6 Å². The van der Waals surface area contributed by atoms with Crippen LogP contribution in [0.25, 0.3) is 0 Å². The van der Waals surface area contributed by atoms with E-state index in [0.717, 1.165) is 38.5 Å². The maximum atomic E-state index is 14.3. The first-order valence-corrected chi connectivity index (χ1v) is 14.6. The fourth-order valence-electron chi connectivity index (χ4n) is 5.39. The average Bonchev–Trinajstić information content (AvgIpc) is 2.87. The number of morpholine rings is 1. The van der Waals surface area contributed by atoms with Gasteiger partial charge in [0.05, 0.1) is 6.61 Å². The summed E-state index contributed by atoms with van der Waals surface area (Å²) in [5.74, 6) is -0.520. The van der Waals surface area contributed by atoms with Crippen LogP contribution in [0, 0.1) is 24.5 Å². The lowest BCUT2D eigenvalue weighted by Gasteiger charge is -2.39. The number of ether oxygens (including phenoxy) is 1. The Hall–Kier alpha value is -2.24. The van der Waals surface area contributed by atoms with Crippen LogP contribution >= 0.6 is 0 Å². The molecule has 0 saturated carbocycles. The third-order valence-corrected chi connectivity index (χ3v) is 7.33. The van der Waals surface area contributed by atoms with Gasteiger partial charge in [-0.1, -0.05) is 77.3 Å². The van der Waals surface area contributed by atoms with E-state index in [1.807, 2.05) is 0 Å². The fourth-order valence-corrected chi connectivity index (χ4v) is 5.39. The van der Waals surface area contributed by atoms with Crippen LogP contribution < -0.4 is 0 Å². The maximum absolute atomic E-state index is 14.3. The molecule has 0 spiro atoms. The Morgan fingerprint density at radius 2 is 1.87 bits per heavy atom. The molecule has 0 aromatic heterocycles. The van der Waals surface area contributed by atoms with E-state index in [0.29, 0.717) is 31.2 Å². The Morgan fingerprint density at radius 3 is 2.55 bits per heavy atom. The molecule has 1 atom stereocenters. The third-order valence-electron chi connectivity index (χ3n) is 7.33. The first-order chi connectivity index (χ1) is 18.3. The summed E-state index contributed by atoms with van der Waals surface area (Å²) in [5.41, 5.74) is 5.91. The van der Waals surface area contributed by atoms with Crippen LogP contribution in [-0.2, 0) is 24.2 Å². The summed E-state index contributed by atoms with van der Waals surface area (Å²) >= 11 is 0. The Bertz CT molecular complexity index is 1040. The van der Waals surface area contributed by atoms with Crippen molar-refractivity contribution in [1.82, 2.24) is 9.80 Å². The number of hydrogen-bond acceptors (Lipinski definition) is 3. The second-order valence-corrected chi connectivity index (χ2v) is 11.2. The van der Waals surface area contributed by atoms with Crippen molar-refractivity contribution in [2.45, 2.75) is 92.3 Å². The van der Waals surface area contributed by atoms with Crippen LogP contribution in [0.2, 0.25) is 0 Å².